The van der Waals surface area contributed by atoms with Crippen LogP contribution in [0.2, 0.25) is 0 Å². The van der Waals surface area contributed by atoms with Crippen molar-refractivity contribution in [3.63, 3.8) is 0 Å². The zero-order valence-corrected chi connectivity index (χ0v) is 12.7. The Hall–Kier alpha value is -0.930. The predicted octanol–water partition coefficient (Wildman–Crippen LogP) is 3.65. The molecule has 0 saturated carbocycles. The Morgan fingerprint density at radius 2 is 1.80 bits per heavy atom. The van der Waals surface area contributed by atoms with E-state index < -0.39 is 0 Å². The summed E-state index contributed by atoms with van der Waals surface area (Å²) in [6, 6.07) is 7.04. The van der Waals surface area contributed by atoms with Crippen molar-refractivity contribution in [2.75, 3.05) is 13.1 Å². The number of nitrogens with two attached hydrogens (primary N) is 1. The van der Waals surface area contributed by atoms with Crippen LogP contribution in [0.5, 0.6) is 0 Å². The van der Waals surface area contributed by atoms with Gasteiger partial charge in [-0.15, -0.1) is 0 Å². The number of benzene rings is 1. The van der Waals surface area contributed by atoms with Gasteiger partial charge in [0.2, 0.25) is 0 Å². The lowest BCUT2D eigenvalue weighted by molar-refractivity contribution is 0.102. The molecule has 0 amide bonds. The van der Waals surface area contributed by atoms with Crippen molar-refractivity contribution in [2.24, 2.45) is 5.73 Å². The van der Waals surface area contributed by atoms with E-state index in [4.69, 9.17) is 5.73 Å². The maximum atomic E-state index is 13.2. The Kier molecular flexibility index (Phi) is 5.17. The first-order valence-corrected chi connectivity index (χ1v) is 7.87. The molecule has 1 fully saturated rings. The summed E-state index contributed by atoms with van der Waals surface area (Å²) in [5, 5.41) is 0. The maximum Gasteiger partial charge on any atom is 0.123 e. The molecule has 2 N–H and O–H groups in total. The van der Waals surface area contributed by atoms with Gasteiger partial charge in [-0.05, 0) is 57.0 Å². The summed E-state index contributed by atoms with van der Waals surface area (Å²) in [5.41, 5.74) is 7.46. The molecule has 1 aliphatic heterocycles. The van der Waals surface area contributed by atoms with E-state index >= 15 is 0 Å². The highest BCUT2D eigenvalue weighted by Gasteiger charge is 2.36. The van der Waals surface area contributed by atoms with Gasteiger partial charge in [-0.25, -0.2) is 4.39 Å². The molecule has 1 saturated heterocycles. The summed E-state index contributed by atoms with van der Waals surface area (Å²) in [4.78, 5) is 2.50. The Labute approximate surface area is 122 Å². The van der Waals surface area contributed by atoms with E-state index in [1.807, 2.05) is 12.1 Å². The average Bonchev–Trinajstić information content (AvgIpc) is 2.48. The van der Waals surface area contributed by atoms with Gasteiger partial charge in [0, 0.05) is 6.04 Å². The number of likely N-dealkylation sites (tertiary alicyclic amines) is 1. The Bertz CT molecular complexity index is 412. The first-order chi connectivity index (χ1) is 9.58. The molecule has 2 rings (SSSR count). The second-order valence-electron chi connectivity index (χ2n) is 6.07. The summed E-state index contributed by atoms with van der Waals surface area (Å²) >= 11 is 0. The van der Waals surface area contributed by atoms with E-state index in [2.05, 4.69) is 18.7 Å². The van der Waals surface area contributed by atoms with Gasteiger partial charge in [0.1, 0.15) is 5.82 Å². The van der Waals surface area contributed by atoms with E-state index in [0.29, 0.717) is 0 Å². The Morgan fingerprint density at radius 1 is 1.20 bits per heavy atom. The molecule has 1 aromatic carbocycles. The van der Waals surface area contributed by atoms with Gasteiger partial charge >= 0.3 is 0 Å². The second kappa shape index (κ2) is 6.68. The number of halogens is 1. The largest absolute Gasteiger partial charge is 0.320 e. The van der Waals surface area contributed by atoms with Crippen LogP contribution in [0.25, 0.3) is 0 Å². The summed E-state index contributed by atoms with van der Waals surface area (Å²) in [6.45, 7) is 6.65. The summed E-state index contributed by atoms with van der Waals surface area (Å²) < 4.78 is 13.2. The molecule has 0 aliphatic carbocycles. The number of hydrogen-bond donors (Lipinski definition) is 1. The van der Waals surface area contributed by atoms with Crippen LogP contribution in [0, 0.1) is 5.82 Å². The van der Waals surface area contributed by atoms with Gasteiger partial charge in [-0.2, -0.15) is 0 Å². The molecule has 112 valence electrons. The van der Waals surface area contributed by atoms with E-state index in [0.717, 1.165) is 31.5 Å². The molecule has 0 bridgehead atoms. The third-order valence-corrected chi connectivity index (χ3v) is 4.73. The van der Waals surface area contributed by atoms with Crippen molar-refractivity contribution in [3.8, 4) is 0 Å². The zero-order valence-electron chi connectivity index (χ0n) is 12.7. The average molecular weight is 278 g/mol. The van der Waals surface area contributed by atoms with Crippen molar-refractivity contribution >= 4 is 0 Å². The van der Waals surface area contributed by atoms with Crippen LogP contribution in [0.15, 0.2) is 24.3 Å². The van der Waals surface area contributed by atoms with Crippen molar-refractivity contribution in [1.29, 1.82) is 0 Å². The van der Waals surface area contributed by atoms with Gasteiger partial charge < -0.3 is 5.73 Å². The smallest absolute Gasteiger partial charge is 0.123 e. The third-order valence-electron chi connectivity index (χ3n) is 4.73. The van der Waals surface area contributed by atoms with Gasteiger partial charge in [-0.3, -0.25) is 4.90 Å². The molecule has 0 aromatic heterocycles. The van der Waals surface area contributed by atoms with E-state index in [1.54, 1.807) is 0 Å². The van der Waals surface area contributed by atoms with Crippen LogP contribution in [0.4, 0.5) is 4.39 Å². The first-order valence-electron chi connectivity index (χ1n) is 7.87. The SMILES string of the molecule is CCCC(N)(c1ccc(F)cc1)C(C)N1CCCCC1. The Balaban J connectivity index is 2.24. The highest BCUT2D eigenvalue weighted by atomic mass is 19.1. The Morgan fingerprint density at radius 3 is 2.35 bits per heavy atom. The third kappa shape index (κ3) is 3.21. The first kappa shape index (κ1) is 15.5. The highest BCUT2D eigenvalue weighted by molar-refractivity contribution is 5.26. The molecule has 1 aliphatic rings. The van der Waals surface area contributed by atoms with E-state index in [9.17, 15) is 4.39 Å². The summed E-state index contributed by atoms with van der Waals surface area (Å²) in [6.07, 6.45) is 5.80. The van der Waals surface area contributed by atoms with Gasteiger partial charge in [0.25, 0.3) is 0 Å². The summed E-state index contributed by atoms with van der Waals surface area (Å²) in [7, 11) is 0. The molecule has 1 heterocycles. The fourth-order valence-corrected chi connectivity index (χ4v) is 3.40. The molecule has 20 heavy (non-hydrogen) atoms. The van der Waals surface area contributed by atoms with Crippen molar-refractivity contribution in [1.82, 2.24) is 4.90 Å². The van der Waals surface area contributed by atoms with Crippen LogP contribution in [0.3, 0.4) is 0 Å². The molecule has 1 aromatic rings. The number of rotatable bonds is 5. The highest BCUT2D eigenvalue weighted by Crippen LogP contribution is 2.32. The van der Waals surface area contributed by atoms with Crippen LogP contribution < -0.4 is 5.73 Å². The van der Waals surface area contributed by atoms with Crippen molar-refractivity contribution in [2.45, 2.75) is 57.5 Å². The van der Waals surface area contributed by atoms with Crippen molar-refractivity contribution < 1.29 is 4.39 Å². The van der Waals surface area contributed by atoms with E-state index in [1.165, 1.54) is 31.4 Å². The molecule has 0 radical (unpaired) electrons. The molecule has 2 unspecified atom stereocenters. The lowest BCUT2D eigenvalue weighted by Crippen LogP contribution is -2.55. The van der Waals surface area contributed by atoms with Crippen LogP contribution in [-0.4, -0.2) is 24.0 Å². The maximum absolute atomic E-state index is 13.2. The number of piperidine rings is 1. The minimum atomic E-state index is -0.389. The molecule has 0 spiro atoms. The lowest BCUT2D eigenvalue weighted by Gasteiger charge is -2.44. The van der Waals surface area contributed by atoms with Gasteiger partial charge in [-0.1, -0.05) is 31.9 Å². The minimum absolute atomic E-state index is 0.196. The van der Waals surface area contributed by atoms with Crippen LogP contribution >= 0.6 is 0 Å². The predicted molar refractivity (Wildman–Crippen MR) is 82.1 cm³/mol. The zero-order chi connectivity index (χ0) is 14.6. The van der Waals surface area contributed by atoms with Gasteiger partial charge in [0.05, 0.1) is 5.54 Å². The minimum Gasteiger partial charge on any atom is -0.320 e. The lowest BCUT2D eigenvalue weighted by atomic mass is 9.79. The standard InChI is InChI=1S/C17H27FN2/c1-3-11-17(19,15-7-9-16(18)10-8-15)14(2)20-12-5-4-6-13-20/h7-10,14H,3-6,11-13,19H2,1-2H3. The molecule has 2 nitrogen and oxygen atoms in total. The monoisotopic (exact) mass is 278 g/mol. The second-order valence-corrected chi connectivity index (χ2v) is 6.07. The van der Waals surface area contributed by atoms with Crippen molar-refractivity contribution in [3.05, 3.63) is 35.6 Å². The molecule has 2 atom stereocenters. The summed E-state index contributed by atoms with van der Waals surface area (Å²) in [5.74, 6) is -0.196. The molecular weight excluding hydrogens is 251 g/mol. The van der Waals surface area contributed by atoms with Gasteiger partial charge in [0.15, 0.2) is 0 Å². The normalized spacial score (nSPS) is 21.4. The number of hydrogen-bond acceptors (Lipinski definition) is 2. The fraction of sp³-hybridized carbons (Fsp3) is 0.647. The topological polar surface area (TPSA) is 29.3 Å². The van der Waals surface area contributed by atoms with Crippen LogP contribution in [0.1, 0.15) is 51.5 Å². The van der Waals surface area contributed by atoms with Crippen LogP contribution in [-0.2, 0) is 5.54 Å². The van der Waals surface area contributed by atoms with E-state index in [-0.39, 0.29) is 17.4 Å². The fourth-order valence-electron chi connectivity index (χ4n) is 3.40. The quantitative estimate of drug-likeness (QED) is 0.890. The molecule has 3 heteroatoms. The molecular formula is C17H27FN2. The number of nitrogens with zero attached hydrogens (tertiary/aromatic N) is 1.